The first-order chi connectivity index (χ1) is 10.1. The third-order valence-electron chi connectivity index (χ3n) is 4.22. The van der Waals surface area contributed by atoms with Crippen molar-refractivity contribution >= 4 is 29.1 Å². The number of amides is 1. The topological polar surface area (TPSA) is 29.5 Å². The van der Waals surface area contributed by atoms with E-state index in [1.54, 1.807) is 18.2 Å². The first kappa shape index (κ1) is 15.0. The maximum Gasteiger partial charge on any atom is 0.261 e. The summed E-state index contributed by atoms with van der Waals surface area (Å²) in [5, 5.41) is 0.921. The zero-order valence-corrected chi connectivity index (χ0v) is 13.5. The molecular weight excluding hydrogens is 309 g/mol. The van der Waals surface area contributed by atoms with E-state index in [0.717, 1.165) is 12.8 Å². The molecule has 0 saturated heterocycles. The van der Waals surface area contributed by atoms with Crippen LogP contribution in [0.25, 0.3) is 0 Å². The van der Waals surface area contributed by atoms with Gasteiger partial charge in [-0.25, -0.2) is 0 Å². The van der Waals surface area contributed by atoms with Crippen molar-refractivity contribution in [2.45, 2.75) is 44.7 Å². The summed E-state index contributed by atoms with van der Waals surface area (Å²) >= 11 is 11.8. The third-order valence-corrected chi connectivity index (χ3v) is 4.96. The van der Waals surface area contributed by atoms with Crippen LogP contribution in [0.5, 0.6) is 5.75 Å². The van der Waals surface area contributed by atoms with Crippen LogP contribution in [0.1, 0.15) is 32.6 Å². The average Bonchev–Trinajstić information content (AvgIpc) is 3.32. The fourth-order valence-corrected chi connectivity index (χ4v) is 3.00. The van der Waals surface area contributed by atoms with E-state index >= 15 is 0 Å². The number of hydrogen-bond acceptors (Lipinski definition) is 2. The van der Waals surface area contributed by atoms with Crippen molar-refractivity contribution in [2.75, 3.05) is 6.61 Å². The van der Waals surface area contributed by atoms with Gasteiger partial charge in [-0.1, -0.05) is 23.2 Å². The Morgan fingerprint density at radius 2 is 2.00 bits per heavy atom. The van der Waals surface area contributed by atoms with Crippen LogP contribution < -0.4 is 4.74 Å². The van der Waals surface area contributed by atoms with E-state index in [4.69, 9.17) is 27.9 Å². The van der Waals surface area contributed by atoms with Crippen LogP contribution in [-0.4, -0.2) is 29.5 Å². The molecule has 1 amide bonds. The largest absolute Gasteiger partial charge is 0.484 e. The van der Waals surface area contributed by atoms with Gasteiger partial charge in [0.15, 0.2) is 6.61 Å². The number of nitrogens with zero attached hydrogens (tertiary/aromatic N) is 1. The second-order valence-corrected chi connectivity index (χ2v) is 6.79. The Labute approximate surface area is 135 Å². The molecule has 0 aliphatic heterocycles. The smallest absolute Gasteiger partial charge is 0.261 e. The highest BCUT2D eigenvalue weighted by Gasteiger charge is 2.41. The number of halogens is 2. The third kappa shape index (κ3) is 3.64. The molecule has 1 aromatic rings. The average molecular weight is 328 g/mol. The quantitative estimate of drug-likeness (QED) is 0.785. The highest BCUT2D eigenvalue weighted by atomic mass is 35.5. The minimum atomic E-state index is 0.0610. The molecule has 0 radical (unpaired) electrons. The van der Waals surface area contributed by atoms with E-state index in [-0.39, 0.29) is 12.5 Å². The van der Waals surface area contributed by atoms with E-state index in [2.05, 4.69) is 6.92 Å². The molecule has 0 spiro atoms. The lowest BCUT2D eigenvalue weighted by Gasteiger charge is -2.29. The maximum atomic E-state index is 12.5. The van der Waals surface area contributed by atoms with Gasteiger partial charge in [0.05, 0.1) is 10.0 Å². The van der Waals surface area contributed by atoms with Crippen LogP contribution in [0.2, 0.25) is 10.0 Å². The van der Waals surface area contributed by atoms with E-state index in [1.165, 1.54) is 12.8 Å². The summed E-state index contributed by atoms with van der Waals surface area (Å²) in [6.45, 7) is 2.22. The summed E-state index contributed by atoms with van der Waals surface area (Å²) in [5.41, 5.74) is 0. The summed E-state index contributed by atoms with van der Waals surface area (Å²) in [6, 6.07) is 5.80. The molecule has 0 aromatic heterocycles. The van der Waals surface area contributed by atoms with Crippen LogP contribution in [0.3, 0.4) is 0 Å². The highest BCUT2D eigenvalue weighted by molar-refractivity contribution is 6.42. The predicted octanol–water partition coefficient (Wildman–Crippen LogP) is 4.16. The fraction of sp³-hybridized carbons (Fsp3) is 0.562. The van der Waals surface area contributed by atoms with Crippen LogP contribution in [0, 0.1) is 5.92 Å². The summed E-state index contributed by atoms with van der Waals surface area (Å²) in [4.78, 5) is 14.5. The molecule has 2 fully saturated rings. The summed E-state index contributed by atoms with van der Waals surface area (Å²) in [7, 11) is 0. The van der Waals surface area contributed by atoms with E-state index in [1.807, 2.05) is 4.90 Å². The molecular formula is C16H19Cl2NO2. The Morgan fingerprint density at radius 3 is 2.57 bits per heavy atom. The first-order valence-corrected chi connectivity index (χ1v) is 8.21. The summed E-state index contributed by atoms with van der Waals surface area (Å²) in [5.74, 6) is 1.33. The van der Waals surface area contributed by atoms with Crippen molar-refractivity contribution in [1.29, 1.82) is 0 Å². The molecule has 1 aromatic carbocycles. The first-order valence-electron chi connectivity index (χ1n) is 7.45. The Balaban J connectivity index is 1.60. The highest BCUT2D eigenvalue weighted by Crippen LogP contribution is 2.39. The number of hydrogen-bond donors (Lipinski definition) is 0. The zero-order chi connectivity index (χ0) is 15.0. The lowest BCUT2D eigenvalue weighted by molar-refractivity contribution is -0.136. The molecule has 3 nitrogen and oxygen atoms in total. The fourth-order valence-electron chi connectivity index (χ4n) is 2.71. The second-order valence-electron chi connectivity index (χ2n) is 5.97. The minimum absolute atomic E-state index is 0.0610. The zero-order valence-electron chi connectivity index (χ0n) is 12.0. The van der Waals surface area contributed by atoms with Gasteiger partial charge in [0, 0.05) is 18.2 Å². The normalized spacial score (nSPS) is 19.2. The molecule has 5 heteroatoms. The van der Waals surface area contributed by atoms with Gasteiger partial charge in [0.2, 0.25) is 0 Å². The van der Waals surface area contributed by atoms with Gasteiger partial charge in [0.1, 0.15) is 5.75 Å². The summed E-state index contributed by atoms with van der Waals surface area (Å²) in [6.07, 6.45) is 4.72. The van der Waals surface area contributed by atoms with Crippen molar-refractivity contribution in [3.8, 4) is 5.75 Å². The van der Waals surface area contributed by atoms with Crippen molar-refractivity contribution < 1.29 is 9.53 Å². The molecule has 0 bridgehead atoms. The van der Waals surface area contributed by atoms with Crippen LogP contribution in [0.4, 0.5) is 0 Å². The SMILES string of the molecule is CC(C1CC1)N(C(=O)COc1ccc(Cl)c(Cl)c1)C1CC1. The molecule has 3 rings (SSSR count). The van der Waals surface area contributed by atoms with E-state index < -0.39 is 0 Å². The van der Waals surface area contributed by atoms with E-state index in [0.29, 0.717) is 33.8 Å². The van der Waals surface area contributed by atoms with Gasteiger partial charge in [-0.3, -0.25) is 4.79 Å². The van der Waals surface area contributed by atoms with E-state index in [9.17, 15) is 4.79 Å². The number of carbonyl (C=O) groups excluding carboxylic acids is 1. The van der Waals surface area contributed by atoms with Crippen molar-refractivity contribution in [1.82, 2.24) is 4.90 Å². The van der Waals surface area contributed by atoms with Gasteiger partial charge < -0.3 is 9.64 Å². The lowest BCUT2D eigenvalue weighted by atomic mass is 10.1. The van der Waals surface area contributed by atoms with Gasteiger partial charge in [-0.2, -0.15) is 0 Å². The number of benzene rings is 1. The number of rotatable bonds is 6. The molecule has 1 atom stereocenters. The second kappa shape index (κ2) is 6.05. The van der Waals surface area contributed by atoms with Crippen LogP contribution in [-0.2, 0) is 4.79 Å². The molecule has 0 N–H and O–H groups in total. The summed E-state index contributed by atoms with van der Waals surface area (Å²) < 4.78 is 5.58. The Bertz CT molecular complexity index is 541. The Kier molecular flexibility index (Phi) is 4.32. The predicted molar refractivity (Wildman–Crippen MR) is 84.0 cm³/mol. The van der Waals surface area contributed by atoms with Crippen molar-refractivity contribution in [3.63, 3.8) is 0 Å². The number of ether oxygens (including phenoxy) is 1. The molecule has 114 valence electrons. The maximum absolute atomic E-state index is 12.5. The van der Waals surface area contributed by atoms with Crippen molar-refractivity contribution in [3.05, 3.63) is 28.2 Å². The minimum Gasteiger partial charge on any atom is -0.484 e. The molecule has 2 saturated carbocycles. The van der Waals surface area contributed by atoms with Crippen molar-refractivity contribution in [2.24, 2.45) is 5.92 Å². The van der Waals surface area contributed by atoms with Crippen LogP contribution >= 0.6 is 23.2 Å². The Morgan fingerprint density at radius 1 is 1.29 bits per heavy atom. The molecule has 1 unspecified atom stereocenters. The molecule has 2 aliphatic carbocycles. The lowest BCUT2D eigenvalue weighted by Crippen LogP contribution is -2.44. The Hall–Kier alpha value is -0.930. The number of carbonyl (C=O) groups is 1. The van der Waals surface area contributed by atoms with Gasteiger partial charge in [-0.15, -0.1) is 0 Å². The molecule has 2 aliphatic rings. The standard InChI is InChI=1S/C16H19Cl2NO2/c1-10(11-2-3-11)19(12-4-5-12)16(20)9-21-13-6-7-14(17)15(18)8-13/h6-8,10-12H,2-5,9H2,1H3. The molecule has 0 heterocycles. The van der Waals surface area contributed by atoms with Gasteiger partial charge in [-0.05, 0) is 50.7 Å². The van der Waals surface area contributed by atoms with Crippen LogP contribution in [0.15, 0.2) is 18.2 Å². The van der Waals surface area contributed by atoms with Gasteiger partial charge in [0.25, 0.3) is 5.91 Å². The monoisotopic (exact) mass is 327 g/mol. The van der Waals surface area contributed by atoms with Gasteiger partial charge >= 0.3 is 0 Å². The molecule has 21 heavy (non-hydrogen) atoms.